The van der Waals surface area contributed by atoms with Gasteiger partial charge in [-0.2, -0.15) is 13.2 Å². The molecule has 0 radical (unpaired) electrons. The fraction of sp³-hybridized carbons (Fsp3) is 0.900. The van der Waals surface area contributed by atoms with E-state index in [0.29, 0.717) is 13.1 Å². The summed E-state index contributed by atoms with van der Waals surface area (Å²) in [5.74, 6) is -0.917. The zero-order chi connectivity index (χ0) is 27.4. The Balaban J connectivity index is 0.000000351. The highest BCUT2D eigenvalue weighted by atomic mass is 32.2. The third-order valence-corrected chi connectivity index (χ3v) is 6.60. The number of likely N-dealkylation sites (tertiary alicyclic amines) is 2. The van der Waals surface area contributed by atoms with Gasteiger partial charge in [-0.25, -0.2) is 9.59 Å². The predicted octanol–water partition coefficient (Wildman–Crippen LogP) is 5.23. The lowest BCUT2D eigenvalue weighted by molar-refractivity contribution is -0.0446. The number of carbonyl (C=O) groups is 2. The summed E-state index contributed by atoms with van der Waals surface area (Å²) in [6, 6.07) is 0. The molecule has 1 atom stereocenters. The van der Waals surface area contributed by atoms with E-state index in [9.17, 15) is 40.5 Å². The maximum Gasteiger partial charge on any atom is 0.572 e. The number of halogens is 6. The van der Waals surface area contributed by atoms with Crippen LogP contribution in [0.4, 0.5) is 35.9 Å². The van der Waals surface area contributed by atoms with E-state index in [0.717, 1.165) is 0 Å². The van der Waals surface area contributed by atoms with Crippen molar-refractivity contribution in [3.63, 3.8) is 0 Å². The van der Waals surface area contributed by atoms with E-state index in [1.165, 1.54) is 9.80 Å². The van der Waals surface area contributed by atoms with Crippen LogP contribution in [0.3, 0.4) is 0 Å². The molecule has 2 aliphatic rings. The second-order valence-electron chi connectivity index (χ2n) is 10.2. The third-order valence-electron chi connectivity index (χ3n) is 4.35. The Morgan fingerprint density at radius 3 is 1.51 bits per heavy atom. The molecule has 35 heavy (non-hydrogen) atoms. The molecule has 0 spiro atoms. The van der Waals surface area contributed by atoms with Crippen LogP contribution >= 0.6 is 11.8 Å². The Bertz CT molecular complexity index is 713. The summed E-state index contributed by atoms with van der Waals surface area (Å²) in [5, 5.41) is 0. The van der Waals surface area contributed by atoms with Crippen LogP contribution in [0.2, 0.25) is 0 Å². The fourth-order valence-corrected chi connectivity index (χ4v) is 4.29. The zero-order valence-electron chi connectivity index (χ0n) is 20.4. The highest BCUT2D eigenvalue weighted by Crippen LogP contribution is 2.34. The standard InChI is InChI=1S/C10H16F3NO3S.C10H16F3NO2S/c1-9(2,3)17-8(15)14-4-7(5-14)6-18(16)10(11,12)13;1-9(2,3)16-8(15)14-4-7(5-14)6-17-10(11,12)13/h7H,4-6H2,1-3H3;7H,4-6H2,1-3H3. The number of rotatable bonds is 4. The summed E-state index contributed by atoms with van der Waals surface area (Å²) in [6.07, 6.45) is -0.998. The van der Waals surface area contributed by atoms with Crippen molar-refractivity contribution >= 4 is 35.1 Å². The Kier molecular flexibility index (Phi) is 10.8. The van der Waals surface area contributed by atoms with Crippen molar-refractivity contribution in [1.82, 2.24) is 9.80 Å². The minimum Gasteiger partial charge on any atom is -0.609 e. The summed E-state index contributed by atoms with van der Waals surface area (Å²) in [7, 11) is 0. The first-order valence-corrected chi connectivity index (χ1v) is 13.0. The van der Waals surface area contributed by atoms with Gasteiger partial charge in [0.2, 0.25) is 0 Å². The van der Waals surface area contributed by atoms with Crippen molar-refractivity contribution in [2.24, 2.45) is 11.8 Å². The lowest BCUT2D eigenvalue weighted by Crippen LogP contribution is -2.54. The largest absolute Gasteiger partial charge is 0.609 e. The number of nitrogens with zero attached hydrogens (tertiary/aromatic N) is 2. The molecule has 15 heteroatoms. The topological polar surface area (TPSA) is 82.1 Å². The van der Waals surface area contributed by atoms with Gasteiger partial charge in [-0.1, -0.05) is 11.8 Å². The average Bonchev–Trinajstić information content (AvgIpc) is 2.51. The summed E-state index contributed by atoms with van der Waals surface area (Å²) in [5.41, 5.74) is -10.1. The number of carbonyl (C=O) groups excluding carboxylic acids is 2. The molecule has 0 bridgehead atoms. The lowest BCUT2D eigenvalue weighted by Gasteiger charge is -2.39. The Morgan fingerprint density at radius 2 is 1.20 bits per heavy atom. The van der Waals surface area contributed by atoms with Gasteiger partial charge < -0.3 is 23.8 Å². The van der Waals surface area contributed by atoms with E-state index in [4.69, 9.17) is 9.47 Å². The van der Waals surface area contributed by atoms with Crippen LogP contribution in [0.1, 0.15) is 41.5 Å². The Labute approximate surface area is 208 Å². The van der Waals surface area contributed by atoms with Gasteiger partial charge >= 0.3 is 23.2 Å². The average molecular weight is 559 g/mol. The van der Waals surface area contributed by atoms with Gasteiger partial charge in [-0.15, -0.1) is 13.2 Å². The summed E-state index contributed by atoms with van der Waals surface area (Å²) >= 11 is -2.88. The quantitative estimate of drug-likeness (QED) is 0.347. The maximum atomic E-state index is 12.0. The van der Waals surface area contributed by atoms with Crippen LogP contribution in [-0.2, 0) is 20.6 Å². The van der Waals surface area contributed by atoms with E-state index < -0.39 is 51.3 Å². The van der Waals surface area contributed by atoms with E-state index in [2.05, 4.69) is 0 Å². The maximum absolute atomic E-state index is 12.0. The molecule has 0 aliphatic carbocycles. The van der Waals surface area contributed by atoms with E-state index >= 15 is 0 Å². The van der Waals surface area contributed by atoms with E-state index in [-0.39, 0.29) is 42.4 Å². The van der Waals surface area contributed by atoms with Gasteiger partial charge in [-0.3, -0.25) is 0 Å². The molecule has 0 N–H and O–H groups in total. The van der Waals surface area contributed by atoms with Gasteiger partial charge in [0.05, 0.1) is 11.2 Å². The SMILES string of the molecule is CC(C)(C)OC(=O)N1CC(CSC(F)(F)F)C1.CC(C)(C)OC(=O)N1CC(C[S+]([O-])C(F)(F)F)C1. The van der Waals surface area contributed by atoms with Crippen LogP contribution in [-0.4, -0.2) is 86.4 Å². The van der Waals surface area contributed by atoms with Crippen LogP contribution in [0.15, 0.2) is 0 Å². The van der Waals surface area contributed by atoms with Crippen molar-refractivity contribution < 1.29 is 50.0 Å². The van der Waals surface area contributed by atoms with E-state index in [1.807, 2.05) is 0 Å². The van der Waals surface area contributed by atoms with Crippen LogP contribution in [0.5, 0.6) is 0 Å². The lowest BCUT2D eigenvalue weighted by atomic mass is 10.0. The van der Waals surface area contributed by atoms with Gasteiger partial charge in [-0.05, 0) is 41.5 Å². The molecule has 2 saturated heterocycles. The van der Waals surface area contributed by atoms with Crippen molar-refractivity contribution in [3.05, 3.63) is 0 Å². The number of hydrogen-bond acceptors (Lipinski definition) is 6. The molecule has 2 rings (SSSR count). The molecular formula is C20H32F6N2O5S2. The van der Waals surface area contributed by atoms with Gasteiger partial charge in [0.1, 0.15) is 17.0 Å². The number of thioether (sulfide) groups is 1. The third kappa shape index (κ3) is 13.1. The molecular weight excluding hydrogens is 526 g/mol. The summed E-state index contributed by atoms with van der Waals surface area (Å²) < 4.78 is 92.8. The molecule has 2 fully saturated rings. The number of hydrogen-bond donors (Lipinski definition) is 0. The molecule has 0 aromatic carbocycles. The zero-order valence-corrected chi connectivity index (χ0v) is 22.1. The van der Waals surface area contributed by atoms with Crippen LogP contribution in [0, 0.1) is 11.8 Å². The minimum absolute atomic E-state index is 0.00278. The van der Waals surface area contributed by atoms with Crippen molar-refractivity contribution in [2.45, 2.75) is 63.8 Å². The second kappa shape index (κ2) is 11.9. The predicted molar refractivity (Wildman–Crippen MR) is 120 cm³/mol. The first kappa shape index (κ1) is 31.8. The normalized spacial score (nSPS) is 18.7. The van der Waals surface area contributed by atoms with E-state index in [1.54, 1.807) is 41.5 Å². The number of alkyl halides is 6. The highest BCUT2D eigenvalue weighted by Gasteiger charge is 2.47. The Morgan fingerprint density at radius 1 is 0.829 bits per heavy atom. The molecule has 0 aromatic rings. The Hall–Kier alpha value is -1.22. The van der Waals surface area contributed by atoms with Gasteiger partial charge in [0.15, 0.2) is 0 Å². The highest BCUT2D eigenvalue weighted by molar-refractivity contribution is 8.00. The molecule has 0 saturated carbocycles. The first-order chi connectivity index (χ1) is 15.6. The molecule has 2 heterocycles. The van der Waals surface area contributed by atoms with Crippen LogP contribution in [0.25, 0.3) is 0 Å². The molecule has 1 unspecified atom stereocenters. The molecule has 7 nitrogen and oxygen atoms in total. The van der Waals surface area contributed by atoms with Crippen molar-refractivity contribution in [3.8, 4) is 0 Å². The summed E-state index contributed by atoms with van der Waals surface area (Å²) in [4.78, 5) is 25.7. The molecule has 206 valence electrons. The second-order valence-corrected chi connectivity index (χ2v) is 12.8. The fourth-order valence-electron chi connectivity index (χ4n) is 2.82. The van der Waals surface area contributed by atoms with Gasteiger partial charge in [0.25, 0.3) is 0 Å². The summed E-state index contributed by atoms with van der Waals surface area (Å²) in [6.45, 7) is 11.4. The number of amides is 2. The smallest absolute Gasteiger partial charge is 0.572 e. The van der Waals surface area contributed by atoms with Crippen LogP contribution < -0.4 is 0 Å². The van der Waals surface area contributed by atoms with Crippen molar-refractivity contribution in [1.29, 1.82) is 0 Å². The minimum atomic E-state index is -4.67. The molecule has 2 aliphatic heterocycles. The number of ether oxygens (including phenoxy) is 2. The molecule has 2 amide bonds. The van der Waals surface area contributed by atoms with Gasteiger partial charge in [0, 0.05) is 43.8 Å². The first-order valence-electron chi connectivity index (χ1n) is 10.7. The van der Waals surface area contributed by atoms with Crippen molar-refractivity contribution in [2.75, 3.05) is 37.7 Å². The monoisotopic (exact) mass is 558 g/mol. The molecule has 0 aromatic heterocycles.